The van der Waals surface area contributed by atoms with Crippen LogP contribution < -0.4 is 5.32 Å². The summed E-state index contributed by atoms with van der Waals surface area (Å²) in [5, 5.41) is 3.68. The first-order chi connectivity index (χ1) is 10.2. The van der Waals surface area contributed by atoms with Gasteiger partial charge in [0.1, 0.15) is 5.82 Å². The van der Waals surface area contributed by atoms with Gasteiger partial charge in [0, 0.05) is 42.9 Å². The zero-order valence-electron chi connectivity index (χ0n) is 12.4. The second kappa shape index (κ2) is 6.75. The number of nitrogens with zero attached hydrogens (tertiary/aromatic N) is 2. The maximum absolute atomic E-state index is 4.44. The Morgan fingerprint density at radius 3 is 2.71 bits per heavy atom. The summed E-state index contributed by atoms with van der Waals surface area (Å²) in [5.41, 5.74) is 1.42. The quantitative estimate of drug-likeness (QED) is 0.828. The van der Waals surface area contributed by atoms with Crippen LogP contribution in [-0.4, -0.2) is 22.1 Å². The van der Waals surface area contributed by atoms with E-state index in [1.807, 2.05) is 12.4 Å². The van der Waals surface area contributed by atoms with Gasteiger partial charge in [-0.3, -0.25) is 0 Å². The van der Waals surface area contributed by atoms with Gasteiger partial charge in [0.05, 0.1) is 0 Å². The van der Waals surface area contributed by atoms with Gasteiger partial charge < -0.3 is 9.88 Å². The van der Waals surface area contributed by atoms with Crippen LogP contribution in [0.1, 0.15) is 36.6 Å². The molecular formula is C17H22BrN3. The molecule has 21 heavy (non-hydrogen) atoms. The average molecular weight is 348 g/mol. The summed E-state index contributed by atoms with van der Waals surface area (Å²) in [6.45, 7) is 1.07. The Morgan fingerprint density at radius 1 is 1.33 bits per heavy atom. The van der Waals surface area contributed by atoms with Crippen LogP contribution in [0.2, 0.25) is 0 Å². The van der Waals surface area contributed by atoms with E-state index in [0.717, 1.165) is 29.9 Å². The first kappa shape index (κ1) is 14.8. The molecule has 1 N–H and O–H groups in total. The monoisotopic (exact) mass is 347 g/mol. The third-order valence-corrected chi connectivity index (χ3v) is 4.74. The SMILES string of the molecule is Cn1ccnc1CCC(CNC1CC1)c1ccc(Br)cc1. The predicted octanol–water partition coefficient (Wildman–Crippen LogP) is 3.65. The van der Waals surface area contributed by atoms with Gasteiger partial charge in [-0.2, -0.15) is 0 Å². The second-order valence-electron chi connectivity index (χ2n) is 5.92. The molecule has 4 heteroatoms. The summed E-state index contributed by atoms with van der Waals surface area (Å²) in [4.78, 5) is 4.44. The van der Waals surface area contributed by atoms with E-state index in [2.05, 4.69) is 62.1 Å². The molecule has 0 amide bonds. The molecule has 1 aromatic heterocycles. The van der Waals surface area contributed by atoms with Gasteiger partial charge >= 0.3 is 0 Å². The van der Waals surface area contributed by atoms with E-state index < -0.39 is 0 Å². The van der Waals surface area contributed by atoms with Crippen molar-refractivity contribution >= 4 is 15.9 Å². The molecule has 0 saturated heterocycles. The van der Waals surface area contributed by atoms with Gasteiger partial charge in [0.2, 0.25) is 0 Å². The third-order valence-electron chi connectivity index (χ3n) is 4.21. The first-order valence-corrected chi connectivity index (χ1v) is 8.46. The molecule has 0 radical (unpaired) electrons. The molecule has 0 bridgehead atoms. The van der Waals surface area contributed by atoms with Crippen LogP contribution in [0.5, 0.6) is 0 Å². The minimum absolute atomic E-state index is 0.551. The number of hydrogen-bond acceptors (Lipinski definition) is 2. The molecule has 1 heterocycles. The standard InChI is InChI=1S/C17H22BrN3/c1-21-11-10-19-17(21)9-4-14(12-20-16-7-8-16)13-2-5-15(18)6-3-13/h2-3,5-6,10-11,14,16,20H,4,7-9,12H2,1H3. The van der Waals surface area contributed by atoms with E-state index in [1.165, 1.54) is 24.2 Å². The van der Waals surface area contributed by atoms with Gasteiger partial charge in [0.25, 0.3) is 0 Å². The van der Waals surface area contributed by atoms with Crippen molar-refractivity contribution in [3.05, 3.63) is 52.5 Å². The number of nitrogens with one attached hydrogen (secondary N) is 1. The van der Waals surface area contributed by atoms with Crippen LogP contribution in [0.3, 0.4) is 0 Å². The van der Waals surface area contributed by atoms with E-state index in [9.17, 15) is 0 Å². The van der Waals surface area contributed by atoms with Crippen molar-refractivity contribution in [3.8, 4) is 0 Å². The highest BCUT2D eigenvalue weighted by Crippen LogP contribution is 2.25. The van der Waals surface area contributed by atoms with Crippen molar-refractivity contribution in [1.82, 2.24) is 14.9 Å². The van der Waals surface area contributed by atoms with Crippen molar-refractivity contribution in [2.75, 3.05) is 6.54 Å². The Balaban J connectivity index is 1.65. The molecule has 1 aromatic carbocycles. The summed E-state index contributed by atoms with van der Waals surface area (Å²) >= 11 is 3.52. The Kier molecular flexibility index (Phi) is 4.76. The van der Waals surface area contributed by atoms with Gasteiger partial charge in [0.15, 0.2) is 0 Å². The van der Waals surface area contributed by atoms with Crippen molar-refractivity contribution in [1.29, 1.82) is 0 Å². The number of aromatic nitrogens is 2. The fraction of sp³-hybridized carbons (Fsp3) is 0.471. The zero-order valence-corrected chi connectivity index (χ0v) is 14.0. The fourth-order valence-corrected chi connectivity index (χ4v) is 2.92. The summed E-state index contributed by atoms with van der Waals surface area (Å²) in [6, 6.07) is 9.51. The van der Waals surface area contributed by atoms with E-state index >= 15 is 0 Å². The van der Waals surface area contributed by atoms with Crippen LogP contribution in [0, 0.1) is 0 Å². The first-order valence-electron chi connectivity index (χ1n) is 7.67. The highest BCUT2D eigenvalue weighted by atomic mass is 79.9. The van der Waals surface area contributed by atoms with Crippen LogP contribution in [-0.2, 0) is 13.5 Å². The van der Waals surface area contributed by atoms with Crippen molar-refractivity contribution < 1.29 is 0 Å². The normalized spacial score (nSPS) is 16.1. The molecule has 1 unspecified atom stereocenters. The maximum Gasteiger partial charge on any atom is 0.108 e. The lowest BCUT2D eigenvalue weighted by molar-refractivity contribution is 0.538. The van der Waals surface area contributed by atoms with Crippen LogP contribution in [0.15, 0.2) is 41.1 Å². The largest absolute Gasteiger partial charge is 0.338 e. The van der Waals surface area contributed by atoms with E-state index in [4.69, 9.17) is 0 Å². The maximum atomic E-state index is 4.44. The molecule has 0 spiro atoms. The second-order valence-corrected chi connectivity index (χ2v) is 6.84. The third kappa shape index (κ3) is 4.17. The summed E-state index contributed by atoms with van der Waals surface area (Å²) < 4.78 is 3.26. The van der Waals surface area contributed by atoms with E-state index in [1.54, 1.807) is 0 Å². The van der Waals surface area contributed by atoms with Crippen molar-refractivity contribution in [2.24, 2.45) is 7.05 Å². The molecular weight excluding hydrogens is 326 g/mol. The Hall–Kier alpha value is -1.13. The molecule has 1 aliphatic carbocycles. The van der Waals surface area contributed by atoms with Crippen molar-refractivity contribution in [3.63, 3.8) is 0 Å². The summed E-state index contributed by atoms with van der Waals surface area (Å²) in [6.07, 6.45) is 8.74. The summed E-state index contributed by atoms with van der Waals surface area (Å²) in [7, 11) is 2.07. The number of rotatable bonds is 7. The lowest BCUT2D eigenvalue weighted by atomic mass is 9.94. The molecule has 0 aliphatic heterocycles. The fourth-order valence-electron chi connectivity index (χ4n) is 2.66. The lowest BCUT2D eigenvalue weighted by Gasteiger charge is -2.18. The Morgan fingerprint density at radius 2 is 2.10 bits per heavy atom. The minimum Gasteiger partial charge on any atom is -0.338 e. The van der Waals surface area contributed by atoms with Gasteiger partial charge in [-0.05, 0) is 42.9 Å². The topological polar surface area (TPSA) is 29.9 Å². The number of benzene rings is 1. The van der Waals surface area contributed by atoms with Gasteiger partial charge in [-0.25, -0.2) is 4.98 Å². The molecule has 3 rings (SSSR count). The number of halogens is 1. The van der Waals surface area contributed by atoms with Crippen LogP contribution in [0.4, 0.5) is 0 Å². The zero-order chi connectivity index (χ0) is 14.7. The van der Waals surface area contributed by atoms with Crippen molar-refractivity contribution in [2.45, 2.75) is 37.6 Å². The molecule has 1 saturated carbocycles. The summed E-state index contributed by atoms with van der Waals surface area (Å²) in [5.74, 6) is 1.72. The molecule has 1 atom stereocenters. The van der Waals surface area contributed by atoms with E-state index in [0.29, 0.717) is 5.92 Å². The smallest absolute Gasteiger partial charge is 0.108 e. The number of hydrogen-bond donors (Lipinski definition) is 1. The van der Waals surface area contributed by atoms with Crippen LogP contribution in [0.25, 0.3) is 0 Å². The van der Waals surface area contributed by atoms with Gasteiger partial charge in [-0.1, -0.05) is 28.1 Å². The number of aryl methyl sites for hydroxylation is 2. The van der Waals surface area contributed by atoms with E-state index in [-0.39, 0.29) is 0 Å². The lowest BCUT2D eigenvalue weighted by Crippen LogP contribution is -2.24. The highest BCUT2D eigenvalue weighted by Gasteiger charge is 2.22. The van der Waals surface area contributed by atoms with Gasteiger partial charge in [-0.15, -0.1) is 0 Å². The Labute approximate surface area is 134 Å². The molecule has 3 nitrogen and oxygen atoms in total. The molecule has 112 valence electrons. The minimum atomic E-state index is 0.551. The average Bonchev–Trinajstić information content (AvgIpc) is 3.22. The number of imidazole rings is 1. The molecule has 1 aliphatic rings. The predicted molar refractivity (Wildman–Crippen MR) is 89.4 cm³/mol. The van der Waals surface area contributed by atoms with Crippen LogP contribution >= 0.6 is 15.9 Å². The Bertz CT molecular complexity index is 572. The highest BCUT2D eigenvalue weighted by molar-refractivity contribution is 9.10. The molecule has 2 aromatic rings. The molecule has 1 fully saturated rings.